The largest absolute Gasteiger partial charge is 0.371 e. The second kappa shape index (κ2) is 6.47. The van der Waals surface area contributed by atoms with E-state index in [0.717, 1.165) is 5.56 Å². The molecule has 0 aliphatic rings. The molecule has 1 aromatic carbocycles. The minimum Gasteiger partial charge on any atom is -0.371 e. The van der Waals surface area contributed by atoms with Crippen molar-refractivity contribution in [1.29, 1.82) is 0 Å². The van der Waals surface area contributed by atoms with E-state index in [2.05, 4.69) is 4.74 Å². The number of halogens is 4. The summed E-state index contributed by atoms with van der Waals surface area (Å²) < 4.78 is 55.1. The number of rotatable bonds is 7. The van der Waals surface area contributed by atoms with Crippen LogP contribution in [0.15, 0.2) is 36.4 Å². The molecule has 0 bridgehead atoms. The molecule has 6 heteroatoms. The molecular weight excluding hydrogens is 264 g/mol. The van der Waals surface area contributed by atoms with Gasteiger partial charge in [0.15, 0.2) is 6.29 Å². The first kappa shape index (κ1) is 15.4. The Hall–Kier alpha value is -1.69. The normalized spacial score (nSPS) is 12.8. The zero-order valence-corrected chi connectivity index (χ0v) is 9.86. The lowest BCUT2D eigenvalue weighted by Gasteiger charge is -2.21. The summed E-state index contributed by atoms with van der Waals surface area (Å²) in [5.41, 5.74) is 0.830. The molecule has 0 fully saturated rings. The molecule has 0 atom stereocenters. The maximum absolute atomic E-state index is 12.8. The summed E-state index contributed by atoms with van der Waals surface area (Å²) in [7, 11) is 0. The fraction of sp³-hybridized carbons (Fsp3) is 0.308. The predicted octanol–water partition coefficient (Wildman–Crippen LogP) is 3.19. The van der Waals surface area contributed by atoms with E-state index in [1.807, 2.05) is 6.07 Å². The number of hydrogen-bond donors (Lipinski definition) is 0. The van der Waals surface area contributed by atoms with Crippen molar-refractivity contribution in [3.63, 3.8) is 0 Å². The van der Waals surface area contributed by atoms with Crippen molar-refractivity contribution in [2.45, 2.75) is 11.8 Å². The maximum atomic E-state index is 12.8. The molecule has 0 saturated carbocycles. The summed E-state index contributed by atoms with van der Waals surface area (Å²) >= 11 is 0. The Kier molecular flexibility index (Phi) is 5.23. The van der Waals surface area contributed by atoms with Crippen LogP contribution in [0, 0.1) is 0 Å². The van der Waals surface area contributed by atoms with Crippen LogP contribution in [0.1, 0.15) is 5.56 Å². The van der Waals surface area contributed by atoms with E-state index >= 15 is 0 Å². The Balaban J connectivity index is 2.39. The Bertz CT molecular complexity index is 430. The Labute approximate surface area is 107 Å². The van der Waals surface area contributed by atoms with Gasteiger partial charge in [0.2, 0.25) is 0 Å². The van der Waals surface area contributed by atoms with Gasteiger partial charge in [-0.05, 0) is 5.56 Å². The Morgan fingerprint density at radius 1 is 1.11 bits per heavy atom. The molecule has 0 aliphatic carbocycles. The lowest BCUT2D eigenvalue weighted by molar-refractivity contribution is -0.216. The van der Waals surface area contributed by atoms with Crippen LogP contribution in [-0.4, -0.2) is 31.3 Å². The summed E-state index contributed by atoms with van der Waals surface area (Å²) in [6, 6.07) is 8.96. The monoisotopic (exact) mass is 276 g/mol. The SMILES string of the molecule is O=CC(F)(F)C(F)(F)COC/C=C/c1ccccc1. The summed E-state index contributed by atoms with van der Waals surface area (Å²) in [4.78, 5) is 9.85. The van der Waals surface area contributed by atoms with Gasteiger partial charge in [0.25, 0.3) is 0 Å². The number of hydrogen-bond acceptors (Lipinski definition) is 2. The number of benzene rings is 1. The van der Waals surface area contributed by atoms with Crippen LogP contribution in [0.5, 0.6) is 0 Å². The van der Waals surface area contributed by atoms with E-state index in [1.54, 1.807) is 30.3 Å². The first-order valence-electron chi connectivity index (χ1n) is 5.40. The van der Waals surface area contributed by atoms with Crippen LogP contribution >= 0.6 is 0 Å². The second-order valence-electron chi connectivity index (χ2n) is 3.77. The van der Waals surface area contributed by atoms with Crippen LogP contribution in [0.4, 0.5) is 17.6 Å². The van der Waals surface area contributed by atoms with Crippen LogP contribution in [0.3, 0.4) is 0 Å². The van der Waals surface area contributed by atoms with Gasteiger partial charge in [-0.1, -0.05) is 42.5 Å². The summed E-state index contributed by atoms with van der Waals surface area (Å²) in [5, 5.41) is 0. The molecular formula is C13H12F4O2. The molecule has 0 radical (unpaired) electrons. The van der Waals surface area contributed by atoms with E-state index < -0.39 is 24.7 Å². The standard InChI is InChI=1S/C13H12F4O2/c14-12(15,9-18)13(16,17)10-19-8-4-7-11-5-2-1-3-6-11/h1-7,9H,8,10H2/b7-4+. The second-order valence-corrected chi connectivity index (χ2v) is 3.77. The van der Waals surface area contributed by atoms with Crippen molar-refractivity contribution in [3.8, 4) is 0 Å². The summed E-state index contributed by atoms with van der Waals surface area (Å²) in [5.74, 6) is -9.22. The van der Waals surface area contributed by atoms with Gasteiger partial charge < -0.3 is 4.74 Å². The molecule has 1 rings (SSSR count). The molecule has 0 spiro atoms. The fourth-order valence-electron chi connectivity index (χ4n) is 1.19. The van der Waals surface area contributed by atoms with Crippen LogP contribution in [0.25, 0.3) is 6.08 Å². The highest BCUT2D eigenvalue weighted by Crippen LogP contribution is 2.32. The third-order valence-corrected chi connectivity index (χ3v) is 2.24. The van der Waals surface area contributed by atoms with Gasteiger partial charge in [0, 0.05) is 0 Å². The van der Waals surface area contributed by atoms with E-state index in [0.29, 0.717) is 0 Å². The molecule has 104 valence electrons. The van der Waals surface area contributed by atoms with Gasteiger partial charge in [-0.2, -0.15) is 17.6 Å². The third kappa shape index (κ3) is 4.48. The highest BCUT2D eigenvalue weighted by Gasteiger charge is 2.56. The van der Waals surface area contributed by atoms with Crippen molar-refractivity contribution >= 4 is 12.4 Å². The molecule has 0 amide bonds. The molecule has 0 aromatic heterocycles. The first-order chi connectivity index (χ1) is 8.89. The molecule has 0 unspecified atom stereocenters. The van der Waals surface area contributed by atoms with Crippen LogP contribution < -0.4 is 0 Å². The quantitative estimate of drug-likeness (QED) is 0.434. The average molecular weight is 276 g/mol. The fourth-order valence-corrected chi connectivity index (χ4v) is 1.19. The number of carbonyl (C=O) groups is 1. The number of alkyl halides is 4. The van der Waals surface area contributed by atoms with Gasteiger partial charge >= 0.3 is 11.8 Å². The smallest absolute Gasteiger partial charge is 0.366 e. The van der Waals surface area contributed by atoms with E-state index in [-0.39, 0.29) is 6.61 Å². The Morgan fingerprint density at radius 3 is 2.32 bits per heavy atom. The van der Waals surface area contributed by atoms with Gasteiger partial charge in [0.1, 0.15) is 6.61 Å². The van der Waals surface area contributed by atoms with Gasteiger partial charge in [-0.15, -0.1) is 0 Å². The Morgan fingerprint density at radius 2 is 1.74 bits per heavy atom. The lowest BCUT2D eigenvalue weighted by atomic mass is 10.2. The molecule has 19 heavy (non-hydrogen) atoms. The first-order valence-corrected chi connectivity index (χ1v) is 5.40. The van der Waals surface area contributed by atoms with E-state index in [1.165, 1.54) is 6.08 Å². The van der Waals surface area contributed by atoms with Crippen molar-refractivity contribution in [2.24, 2.45) is 0 Å². The molecule has 2 nitrogen and oxygen atoms in total. The summed E-state index contributed by atoms with van der Waals surface area (Å²) in [6.45, 7) is -1.77. The number of carbonyl (C=O) groups excluding carboxylic acids is 1. The minimum atomic E-state index is -4.71. The zero-order valence-electron chi connectivity index (χ0n) is 9.86. The van der Waals surface area contributed by atoms with E-state index in [4.69, 9.17) is 0 Å². The van der Waals surface area contributed by atoms with Gasteiger partial charge in [0.05, 0.1) is 6.61 Å². The topological polar surface area (TPSA) is 26.3 Å². The van der Waals surface area contributed by atoms with Crippen molar-refractivity contribution < 1.29 is 27.1 Å². The minimum absolute atomic E-state index is 0.251. The van der Waals surface area contributed by atoms with Crippen molar-refractivity contribution in [3.05, 3.63) is 42.0 Å². The maximum Gasteiger partial charge on any atom is 0.366 e. The van der Waals surface area contributed by atoms with Crippen molar-refractivity contribution in [2.75, 3.05) is 13.2 Å². The number of aldehydes is 1. The summed E-state index contributed by atoms with van der Waals surface area (Å²) in [6.07, 6.45) is 1.96. The predicted molar refractivity (Wildman–Crippen MR) is 62.3 cm³/mol. The van der Waals surface area contributed by atoms with Gasteiger partial charge in [-0.3, -0.25) is 4.79 Å². The van der Waals surface area contributed by atoms with Crippen LogP contribution in [0.2, 0.25) is 0 Å². The third-order valence-electron chi connectivity index (χ3n) is 2.24. The lowest BCUT2D eigenvalue weighted by Crippen LogP contribution is -2.45. The molecule has 0 aliphatic heterocycles. The molecule has 1 aromatic rings. The number of ether oxygens (including phenoxy) is 1. The molecule has 0 heterocycles. The van der Waals surface area contributed by atoms with Crippen LogP contribution in [-0.2, 0) is 9.53 Å². The highest BCUT2D eigenvalue weighted by atomic mass is 19.3. The zero-order chi connectivity index (χ0) is 14.4. The van der Waals surface area contributed by atoms with E-state index in [9.17, 15) is 22.4 Å². The average Bonchev–Trinajstić information content (AvgIpc) is 2.39. The molecule has 0 saturated heterocycles. The van der Waals surface area contributed by atoms with Crippen molar-refractivity contribution in [1.82, 2.24) is 0 Å². The molecule has 0 N–H and O–H groups in total. The van der Waals surface area contributed by atoms with Gasteiger partial charge in [-0.25, -0.2) is 0 Å². The highest BCUT2D eigenvalue weighted by molar-refractivity contribution is 5.61.